The molecule has 3 atom stereocenters. The van der Waals surface area contributed by atoms with Gasteiger partial charge in [-0.2, -0.15) is 0 Å². The predicted molar refractivity (Wildman–Crippen MR) is 252 cm³/mol. The van der Waals surface area contributed by atoms with Crippen molar-refractivity contribution < 1.29 is 85.8 Å². The molecule has 0 spiro atoms. The van der Waals surface area contributed by atoms with E-state index in [1.165, 1.54) is 47.5 Å². The number of imide groups is 1. The first-order valence-corrected chi connectivity index (χ1v) is 20.0. The number of hydrogen-bond acceptors (Lipinski definition) is 18. The van der Waals surface area contributed by atoms with Gasteiger partial charge in [0.25, 0.3) is 11.8 Å². The van der Waals surface area contributed by atoms with Crippen LogP contribution in [0.4, 0.5) is 0 Å². The summed E-state index contributed by atoms with van der Waals surface area (Å²) in [6.07, 6.45) is 8.67. The molecule has 1 aliphatic heterocycles. The van der Waals surface area contributed by atoms with Crippen LogP contribution in [0, 0.1) is 17.8 Å². The number of hydrogen-bond donors (Lipinski definition) is 0. The van der Waals surface area contributed by atoms with Crippen LogP contribution in [0.1, 0.15) is 45.6 Å². The van der Waals surface area contributed by atoms with E-state index in [0.717, 1.165) is 49.0 Å². The Morgan fingerprint density at radius 2 is 1.01 bits per heavy atom. The Kier molecular flexibility index (Phi) is 39.4. The van der Waals surface area contributed by atoms with Crippen molar-refractivity contribution in [3.63, 3.8) is 0 Å². The van der Waals surface area contributed by atoms with E-state index < -0.39 is 41.7 Å². The molecular formula is C49H69NO18. The first-order chi connectivity index (χ1) is 31.9. The molecule has 2 aliphatic carbocycles. The Labute approximate surface area is 400 Å². The summed E-state index contributed by atoms with van der Waals surface area (Å²) in [5.74, 6) is -2.52. The Balaban J connectivity index is -0.000000352. The number of ether oxygens (including phenoxy) is 9. The second-order valence-electron chi connectivity index (χ2n) is 13.6. The molecule has 0 radical (unpaired) electrons. The number of carbonyl (C=O) groups excluding carboxylic acids is 9. The fourth-order valence-electron chi connectivity index (χ4n) is 4.67. The van der Waals surface area contributed by atoms with Crippen molar-refractivity contribution in [2.75, 3.05) is 77.6 Å². The summed E-state index contributed by atoms with van der Waals surface area (Å²) in [5.41, 5.74) is 2.57. The Hall–Kier alpha value is -7.41. The van der Waals surface area contributed by atoms with Crippen molar-refractivity contribution in [1.29, 1.82) is 0 Å². The third kappa shape index (κ3) is 31.5. The van der Waals surface area contributed by atoms with Gasteiger partial charge in [0, 0.05) is 37.5 Å². The monoisotopic (exact) mass is 959 g/mol. The van der Waals surface area contributed by atoms with Gasteiger partial charge in [0.2, 0.25) is 0 Å². The van der Waals surface area contributed by atoms with Crippen LogP contribution in [0.3, 0.4) is 0 Å². The highest BCUT2D eigenvalue weighted by atomic mass is 16.6. The van der Waals surface area contributed by atoms with E-state index in [1.54, 1.807) is 35.2 Å². The molecular weight excluding hydrogens is 891 g/mol. The van der Waals surface area contributed by atoms with Gasteiger partial charge >= 0.3 is 41.8 Å². The maximum absolute atomic E-state index is 11.1. The molecule has 0 N–H and O–H groups in total. The molecule has 1 fully saturated rings. The molecule has 2 amide bonds. The topological polar surface area (TPSA) is 240 Å². The van der Waals surface area contributed by atoms with Crippen molar-refractivity contribution in [3.05, 3.63) is 116 Å². The van der Waals surface area contributed by atoms with Crippen molar-refractivity contribution in [2.45, 2.75) is 40.0 Å². The molecule has 4 rings (SSSR count). The van der Waals surface area contributed by atoms with Gasteiger partial charge in [0.15, 0.2) is 0 Å². The Morgan fingerprint density at radius 1 is 0.574 bits per heavy atom. The lowest BCUT2D eigenvalue weighted by molar-refractivity contribution is -0.149. The zero-order valence-corrected chi connectivity index (χ0v) is 41.6. The smallest absolute Gasteiger partial charge is 0.344 e. The molecule has 3 aliphatic rings. The van der Waals surface area contributed by atoms with Gasteiger partial charge in [-0.15, -0.1) is 0 Å². The zero-order valence-electron chi connectivity index (χ0n) is 41.6. The van der Waals surface area contributed by atoms with Gasteiger partial charge < -0.3 is 42.6 Å². The second-order valence-corrected chi connectivity index (χ2v) is 13.6. The molecule has 2 bridgehead atoms. The van der Waals surface area contributed by atoms with E-state index in [0.29, 0.717) is 17.4 Å². The zero-order chi connectivity index (χ0) is 53.5. The lowest BCUT2D eigenvalue weighted by Gasteiger charge is -2.14. The van der Waals surface area contributed by atoms with Gasteiger partial charge in [-0.1, -0.05) is 81.0 Å². The molecule has 1 aromatic rings. The molecule has 3 unspecified atom stereocenters. The summed E-state index contributed by atoms with van der Waals surface area (Å²) in [4.78, 5) is 96.7. The average Bonchev–Trinajstić information content (AvgIpc) is 4.07. The molecule has 0 aromatic heterocycles. The molecule has 1 saturated carbocycles. The number of carbonyl (C=O) groups is 9. The normalized spacial score (nSPS) is 14.5. The van der Waals surface area contributed by atoms with E-state index in [1.807, 2.05) is 25.1 Å². The van der Waals surface area contributed by atoms with Gasteiger partial charge in [0.1, 0.15) is 12.1 Å². The number of amides is 2. The average molecular weight is 960 g/mol. The van der Waals surface area contributed by atoms with Crippen LogP contribution < -0.4 is 0 Å². The van der Waals surface area contributed by atoms with Crippen LogP contribution in [0.25, 0.3) is 5.57 Å². The first kappa shape index (κ1) is 67.2. The van der Waals surface area contributed by atoms with Gasteiger partial charge in [-0.05, 0) is 51.0 Å². The molecule has 378 valence electrons. The standard InChI is InChI=1S/C9H12O2.C9H10.C7H7NO4.C7H10O4.C6H8O4.C5H8O2.C4H8O.C2H6O/c1-11-9(10)8-5-6-2-3-7(8)4-6;1-8(2)9-6-4-3-5-7-9;1-12-7(11)4-8-5(9)2-3-6(8)10;1-5(7(9)11-3)4-6(8)10-2;1-4(5(7)9-2)6(8)10-3;1-4(2)5(6)7-3;1-4(2)5-3;1-3-2/h2-3,6-8H,4-5H2,1H3;3-7H,1H2,2H3;2-3H,4H2,1H3;1,4H2,2-3H3;1H2,2-3H3;1H2,2-3H3;1H2,2-3H3;1-2H3. The number of allylic oxidation sites excluding steroid dienone is 4. The molecule has 68 heavy (non-hydrogen) atoms. The molecule has 19 heteroatoms. The van der Waals surface area contributed by atoms with Crippen LogP contribution in [-0.4, -0.2) is 136 Å². The van der Waals surface area contributed by atoms with Crippen molar-refractivity contribution in [1.82, 2.24) is 4.90 Å². The van der Waals surface area contributed by atoms with Crippen molar-refractivity contribution in [2.24, 2.45) is 17.8 Å². The van der Waals surface area contributed by atoms with E-state index in [-0.39, 0.29) is 42.0 Å². The minimum absolute atomic E-state index is 0.0261. The number of fused-ring (bicyclic) bond motifs is 2. The van der Waals surface area contributed by atoms with E-state index in [2.05, 4.69) is 95.1 Å². The van der Waals surface area contributed by atoms with Crippen molar-refractivity contribution >= 4 is 59.2 Å². The summed E-state index contributed by atoms with van der Waals surface area (Å²) in [5, 5.41) is 0. The van der Waals surface area contributed by atoms with Crippen LogP contribution >= 0.6 is 0 Å². The summed E-state index contributed by atoms with van der Waals surface area (Å²) < 4.78 is 39.1. The number of rotatable bonds is 11. The maximum atomic E-state index is 11.1. The van der Waals surface area contributed by atoms with Gasteiger partial charge in [-0.25, -0.2) is 19.2 Å². The highest BCUT2D eigenvalue weighted by Gasteiger charge is 2.40. The summed E-state index contributed by atoms with van der Waals surface area (Å²) in [7, 11) is 13.6. The third-order valence-electron chi connectivity index (χ3n) is 8.27. The van der Waals surface area contributed by atoms with Crippen LogP contribution in [0.2, 0.25) is 0 Å². The quantitative estimate of drug-likeness (QED) is 0.0388. The van der Waals surface area contributed by atoms with Gasteiger partial charge in [-0.3, -0.25) is 28.9 Å². The summed E-state index contributed by atoms with van der Waals surface area (Å²) in [6.45, 7) is 22.2. The number of methoxy groups -OCH3 is 9. The lowest BCUT2D eigenvalue weighted by Crippen LogP contribution is -2.35. The van der Waals surface area contributed by atoms with Crippen LogP contribution in [0.5, 0.6) is 0 Å². The minimum Gasteiger partial charge on any atom is -0.502 e. The van der Waals surface area contributed by atoms with Gasteiger partial charge in [0.05, 0.1) is 75.0 Å². The van der Waals surface area contributed by atoms with E-state index in [9.17, 15) is 43.2 Å². The van der Waals surface area contributed by atoms with Crippen molar-refractivity contribution in [3.8, 4) is 0 Å². The Morgan fingerprint density at radius 3 is 1.29 bits per heavy atom. The van der Waals surface area contributed by atoms with Crippen LogP contribution in [-0.2, 0) is 85.8 Å². The maximum Gasteiger partial charge on any atom is 0.344 e. The Bertz CT molecular complexity index is 1890. The molecule has 1 heterocycles. The summed E-state index contributed by atoms with van der Waals surface area (Å²) in [6, 6.07) is 10.2. The highest BCUT2D eigenvalue weighted by molar-refractivity contribution is 6.14. The fourth-order valence-corrected chi connectivity index (χ4v) is 4.67. The fraction of sp³-hybridized carbons (Fsp3) is 0.408. The second kappa shape index (κ2) is 39.9. The molecule has 0 saturated heterocycles. The number of nitrogens with zero attached hydrogens (tertiary/aromatic N) is 1. The third-order valence-corrected chi connectivity index (χ3v) is 8.27. The number of esters is 7. The molecule has 1 aromatic carbocycles. The lowest BCUT2D eigenvalue weighted by atomic mass is 9.94. The summed E-state index contributed by atoms with van der Waals surface area (Å²) >= 11 is 0. The highest BCUT2D eigenvalue weighted by Crippen LogP contribution is 2.43. The van der Waals surface area contributed by atoms with Crippen LogP contribution in [0.15, 0.2) is 110 Å². The first-order valence-electron chi connectivity index (χ1n) is 20.0. The minimum atomic E-state index is -0.771. The largest absolute Gasteiger partial charge is 0.502 e. The van der Waals surface area contributed by atoms with E-state index in [4.69, 9.17) is 4.74 Å². The SMILES string of the molecule is C=C(C(=O)OC)C(=O)OC.C=C(C)C(=O)OC.C=C(C)OC.C=C(C)c1ccccc1.C=C(CC(=O)OC)C(=O)OC.COC.COC(=O)C1CC2C=CC1C2.COC(=O)CN1C(=O)C=CC1=O. The van der Waals surface area contributed by atoms with E-state index >= 15 is 0 Å². The molecule has 19 nitrogen and oxygen atoms in total. The number of benzene rings is 1. The predicted octanol–water partition coefficient (Wildman–Crippen LogP) is 5.51.